The fourth-order valence-corrected chi connectivity index (χ4v) is 5.61. The minimum atomic E-state index is -0.223. The number of hydrogen-bond acceptors (Lipinski definition) is 6. The summed E-state index contributed by atoms with van der Waals surface area (Å²) in [6.07, 6.45) is 0. The first-order chi connectivity index (χ1) is 21.5. The Bertz CT molecular complexity index is 1680. The largest absolute Gasteiger partial charge is 0.497 e. The summed E-state index contributed by atoms with van der Waals surface area (Å²) in [4.78, 5) is 31.5. The highest BCUT2D eigenvalue weighted by Crippen LogP contribution is 2.38. The zero-order valence-electron chi connectivity index (χ0n) is 25.1. The second kappa shape index (κ2) is 13.2. The molecule has 8 heteroatoms. The van der Waals surface area contributed by atoms with E-state index in [1.165, 1.54) is 5.56 Å². The predicted octanol–water partition coefficient (Wildman–Crippen LogP) is 5.31. The van der Waals surface area contributed by atoms with Crippen molar-refractivity contribution in [1.82, 2.24) is 15.1 Å². The maximum absolute atomic E-state index is 13.5. The summed E-state index contributed by atoms with van der Waals surface area (Å²) in [5, 5.41) is 9.51. The van der Waals surface area contributed by atoms with Gasteiger partial charge in [0, 0.05) is 61.8 Å². The average molecular weight is 588 g/mol. The maximum atomic E-state index is 13.5. The van der Waals surface area contributed by atoms with Crippen LogP contribution < -0.4 is 20.7 Å². The Hall–Kier alpha value is -4.92. The van der Waals surface area contributed by atoms with E-state index in [9.17, 15) is 9.59 Å². The summed E-state index contributed by atoms with van der Waals surface area (Å²) in [6, 6.07) is 31.1. The van der Waals surface area contributed by atoms with Gasteiger partial charge in [-0.3, -0.25) is 14.5 Å². The lowest BCUT2D eigenvalue weighted by Crippen LogP contribution is -2.43. The van der Waals surface area contributed by atoms with E-state index in [4.69, 9.17) is 4.74 Å². The number of fused-ring (bicyclic) bond motifs is 1. The van der Waals surface area contributed by atoms with Crippen LogP contribution in [0, 0.1) is 0 Å². The van der Waals surface area contributed by atoms with Crippen LogP contribution in [0.1, 0.15) is 32.6 Å². The molecule has 0 unspecified atom stereocenters. The fraction of sp³-hybridized carbons (Fsp3) is 0.222. The highest BCUT2D eigenvalue weighted by Gasteiger charge is 2.29. The molecule has 4 aromatic carbocycles. The molecule has 1 fully saturated rings. The number of benzene rings is 4. The van der Waals surface area contributed by atoms with E-state index in [0.717, 1.165) is 55.3 Å². The van der Waals surface area contributed by atoms with Crippen molar-refractivity contribution in [1.29, 1.82) is 0 Å². The van der Waals surface area contributed by atoms with E-state index in [2.05, 4.69) is 57.1 Å². The van der Waals surface area contributed by atoms with Crippen LogP contribution in [0.25, 0.3) is 11.3 Å². The van der Waals surface area contributed by atoms with Gasteiger partial charge >= 0.3 is 0 Å². The molecule has 224 valence electrons. The van der Waals surface area contributed by atoms with E-state index in [1.807, 2.05) is 54.6 Å². The molecule has 6 rings (SSSR count). The second-order valence-corrected chi connectivity index (χ2v) is 11.3. The number of nitrogens with one attached hydrogen (secondary N) is 3. The zero-order chi connectivity index (χ0) is 30.5. The number of anilines is 2. The highest BCUT2D eigenvalue weighted by molar-refractivity contribution is 6.37. The minimum Gasteiger partial charge on any atom is -0.497 e. The van der Waals surface area contributed by atoms with E-state index >= 15 is 0 Å². The fourth-order valence-electron chi connectivity index (χ4n) is 5.61. The van der Waals surface area contributed by atoms with Crippen LogP contribution in [0.3, 0.4) is 0 Å². The summed E-state index contributed by atoms with van der Waals surface area (Å²) >= 11 is 0. The van der Waals surface area contributed by atoms with Crippen LogP contribution in [0.2, 0.25) is 0 Å². The van der Waals surface area contributed by atoms with Crippen molar-refractivity contribution in [2.24, 2.45) is 0 Å². The molecule has 0 saturated carbocycles. The summed E-state index contributed by atoms with van der Waals surface area (Å²) in [7, 11) is 3.78. The normalized spacial score (nSPS) is 16.2. The van der Waals surface area contributed by atoms with Gasteiger partial charge in [-0.1, -0.05) is 54.6 Å². The molecule has 2 aliphatic heterocycles. The summed E-state index contributed by atoms with van der Waals surface area (Å²) in [5.74, 6) is 0.297. The Morgan fingerprint density at radius 2 is 1.61 bits per heavy atom. The molecule has 0 bridgehead atoms. The van der Waals surface area contributed by atoms with Crippen LogP contribution >= 0.6 is 0 Å². The van der Waals surface area contributed by atoms with E-state index in [-0.39, 0.29) is 11.8 Å². The van der Waals surface area contributed by atoms with Gasteiger partial charge in [0.25, 0.3) is 11.8 Å². The number of amides is 2. The quantitative estimate of drug-likeness (QED) is 0.230. The van der Waals surface area contributed by atoms with Gasteiger partial charge in [0.05, 0.1) is 18.4 Å². The molecule has 44 heavy (non-hydrogen) atoms. The lowest BCUT2D eigenvalue weighted by molar-refractivity contribution is -0.110. The predicted molar refractivity (Wildman–Crippen MR) is 175 cm³/mol. The third kappa shape index (κ3) is 6.67. The highest BCUT2D eigenvalue weighted by atomic mass is 16.5. The summed E-state index contributed by atoms with van der Waals surface area (Å²) in [6.45, 7) is 5.58. The molecule has 3 N–H and O–H groups in total. The third-order valence-corrected chi connectivity index (χ3v) is 8.15. The monoisotopic (exact) mass is 587 g/mol. The van der Waals surface area contributed by atoms with Crippen LogP contribution in [0.4, 0.5) is 11.4 Å². The van der Waals surface area contributed by atoms with Crippen LogP contribution in [0.5, 0.6) is 5.75 Å². The Labute approximate surface area is 258 Å². The molecular weight excluding hydrogens is 550 g/mol. The number of nitrogens with zero attached hydrogens (tertiary/aromatic N) is 2. The number of hydrogen-bond donors (Lipinski definition) is 3. The standard InChI is InChI=1S/C36H37N5O3/c1-40-17-19-41(20-18-40)24-25-11-14-29(15-12-25)38-34(27-8-4-3-5-9-27)33-31-22-28(13-16-32(31)39-36(33)43)35(42)37-23-26-7-6-10-30(21-26)44-2/h3-16,21-22,38H,17-20,23-24H2,1-2H3,(H,37,42)(H,39,43)/b34-33-. The molecular formula is C36H37N5O3. The van der Waals surface area contributed by atoms with E-state index in [1.54, 1.807) is 25.3 Å². The molecule has 2 aliphatic rings. The van der Waals surface area contributed by atoms with Crippen molar-refractivity contribution < 1.29 is 14.3 Å². The first kappa shape index (κ1) is 29.2. The molecule has 0 atom stereocenters. The van der Waals surface area contributed by atoms with Crippen molar-refractivity contribution >= 4 is 34.5 Å². The van der Waals surface area contributed by atoms with Gasteiger partial charge in [-0.2, -0.15) is 0 Å². The van der Waals surface area contributed by atoms with Crippen LogP contribution in [0.15, 0.2) is 97.1 Å². The molecule has 2 heterocycles. The number of carbonyl (C=O) groups excluding carboxylic acids is 2. The Kier molecular flexibility index (Phi) is 8.72. The molecule has 0 spiro atoms. The summed E-state index contributed by atoms with van der Waals surface area (Å²) in [5.41, 5.74) is 6.95. The molecule has 4 aromatic rings. The molecule has 0 aromatic heterocycles. The molecule has 8 nitrogen and oxygen atoms in total. The maximum Gasteiger partial charge on any atom is 0.258 e. The van der Waals surface area contributed by atoms with Crippen LogP contribution in [-0.2, 0) is 17.9 Å². The lowest BCUT2D eigenvalue weighted by atomic mass is 9.98. The van der Waals surface area contributed by atoms with Gasteiger partial charge in [0.1, 0.15) is 5.75 Å². The van der Waals surface area contributed by atoms with Crippen molar-refractivity contribution in [2.45, 2.75) is 13.1 Å². The van der Waals surface area contributed by atoms with Gasteiger partial charge in [-0.25, -0.2) is 0 Å². The number of methoxy groups -OCH3 is 1. The van der Waals surface area contributed by atoms with Gasteiger partial charge in [0.15, 0.2) is 0 Å². The Morgan fingerprint density at radius 1 is 0.841 bits per heavy atom. The number of likely N-dealkylation sites (N-methyl/N-ethyl adjacent to an activating group) is 1. The van der Waals surface area contributed by atoms with Crippen molar-refractivity contribution in [3.63, 3.8) is 0 Å². The topological polar surface area (TPSA) is 85.9 Å². The number of piperazine rings is 1. The SMILES string of the molecule is COc1cccc(CNC(=O)c2ccc3c(c2)/C(=C(/Nc2ccc(CN4CCN(C)CC4)cc2)c2ccccc2)C(=O)N3)c1. The Balaban J connectivity index is 1.26. The number of rotatable bonds is 9. The van der Waals surface area contributed by atoms with Crippen LogP contribution in [-0.4, -0.2) is 62.0 Å². The van der Waals surface area contributed by atoms with Gasteiger partial charge < -0.3 is 25.6 Å². The van der Waals surface area contributed by atoms with E-state index < -0.39 is 0 Å². The van der Waals surface area contributed by atoms with Crippen molar-refractivity contribution in [2.75, 3.05) is 51.0 Å². The smallest absolute Gasteiger partial charge is 0.258 e. The average Bonchev–Trinajstić information content (AvgIpc) is 3.39. The molecule has 0 aliphatic carbocycles. The molecule has 0 radical (unpaired) electrons. The second-order valence-electron chi connectivity index (χ2n) is 11.3. The van der Waals surface area contributed by atoms with Gasteiger partial charge in [0.2, 0.25) is 0 Å². The van der Waals surface area contributed by atoms with Crippen molar-refractivity contribution in [3.8, 4) is 5.75 Å². The first-order valence-corrected chi connectivity index (χ1v) is 14.9. The summed E-state index contributed by atoms with van der Waals surface area (Å²) < 4.78 is 5.29. The third-order valence-electron chi connectivity index (χ3n) is 8.15. The molecule has 2 amide bonds. The molecule has 1 saturated heterocycles. The number of carbonyl (C=O) groups is 2. The van der Waals surface area contributed by atoms with E-state index in [0.29, 0.717) is 34.6 Å². The Morgan fingerprint density at radius 3 is 2.36 bits per heavy atom. The van der Waals surface area contributed by atoms with Gasteiger partial charge in [-0.15, -0.1) is 0 Å². The van der Waals surface area contributed by atoms with Crippen molar-refractivity contribution in [3.05, 3.63) is 125 Å². The zero-order valence-corrected chi connectivity index (χ0v) is 25.1. The first-order valence-electron chi connectivity index (χ1n) is 14.9. The number of ether oxygens (including phenoxy) is 1. The minimum absolute atomic E-state index is 0.216. The van der Waals surface area contributed by atoms with Gasteiger partial charge in [-0.05, 0) is 66.2 Å². The lowest BCUT2D eigenvalue weighted by Gasteiger charge is -2.32.